The van der Waals surface area contributed by atoms with Crippen LogP contribution >= 0.6 is 0 Å². The quantitative estimate of drug-likeness (QED) is 0.802. The minimum Gasteiger partial charge on any atom is -0.366 e. The summed E-state index contributed by atoms with van der Waals surface area (Å²) in [5.74, 6) is 0.738. The lowest BCUT2D eigenvalue weighted by Gasteiger charge is -2.06. The van der Waals surface area contributed by atoms with E-state index >= 15 is 0 Å². The number of aryl methyl sites for hydroxylation is 1. The van der Waals surface area contributed by atoms with Crippen LogP contribution in [0.3, 0.4) is 0 Å². The monoisotopic (exact) mass is 289 g/mol. The lowest BCUT2D eigenvalue weighted by atomic mass is 10.1. The van der Waals surface area contributed by atoms with Gasteiger partial charge >= 0.3 is 0 Å². The fraction of sp³-hybridized carbons (Fsp3) is 0.118. The minimum atomic E-state index is 0.553. The normalized spacial score (nSPS) is 10.2. The average molecular weight is 289 g/mol. The highest BCUT2D eigenvalue weighted by Crippen LogP contribution is 2.22. The summed E-state index contributed by atoms with van der Waals surface area (Å²) < 4.78 is 1.81. The van der Waals surface area contributed by atoms with Crippen molar-refractivity contribution in [3.63, 3.8) is 0 Å². The van der Waals surface area contributed by atoms with Crippen molar-refractivity contribution in [1.29, 1.82) is 5.26 Å². The lowest BCUT2D eigenvalue weighted by Crippen LogP contribution is -2.01. The molecule has 0 fully saturated rings. The first-order chi connectivity index (χ1) is 10.8. The molecule has 5 nitrogen and oxygen atoms in total. The Morgan fingerprint density at radius 3 is 2.68 bits per heavy atom. The topological polar surface area (TPSA) is 66.5 Å². The van der Waals surface area contributed by atoms with Crippen molar-refractivity contribution in [1.82, 2.24) is 14.8 Å². The maximum absolute atomic E-state index is 8.78. The minimum absolute atomic E-state index is 0.553. The third-order valence-electron chi connectivity index (χ3n) is 3.30. The van der Waals surface area contributed by atoms with E-state index in [1.165, 1.54) is 0 Å². The van der Waals surface area contributed by atoms with E-state index in [4.69, 9.17) is 5.26 Å². The van der Waals surface area contributed by atoms with Crippen molar-refractivity contribution in [3.8, 4) is 17.3 Å². The van der Waals surface area contributed by atoms with Crippen LogP contribution in [0.5, 0.6) is 0 Å². The van der Waals surface area contributed by atoms with Gasteiger partial charge in [-0.05, 0) is 12.1 Å². The molecule has 0 bridgehead atoms. The number of hydrogen-bond acceptors (Lipinski definition) is 4. The van der Waals surface area contributed by atoms with E-state index in [-0.39, 0.29) is 0 Å². The van der Waals surface area contributed by atoms with Gasteiger partial charge in [-0.3, -0.25) is 4.68 Å². The molecular weight excluding hydrogens is 274 g/mol. The van der Waals surface area contributed by atoms with Gasteiger partial charge < -0.3 is 5.32 Å². The van der Waals surface area contributed by atoms with Crippen LogP contribution in [0.4, 0.5) is 5.82 Å². The zero-order valence-corrected chi connectivity index (χ0v) is 12.2. The molecule has 0 spiro atoms. The molecule has 108 valence electrons. The summed E-state index contributed by atoms with van der Waals surface area (Å²) in [4.78, 5) is 4.21. The molecule has 0 aliphatic rings. The molecule has 2 aromatic heterocycles. The van der Waals surface area contributed by atoms with E-state index < -0.39 is 0 Å². The summed E-state index contributed by atoms with van der Waals surface area (Å²) in [7, 11) is 1.91. The maximum Gasteiger partial charge on any atom is 0.126 e. The third-order valence-corrected chi connectivity index (χ3v) is 3.30. The van der Waals surface area contributed by atoms with Crippen LogP contribution < -0.4 is 5.32 Å². The van der Waals surface area contributed by atoms with Crippen LogP contribution in [-0.2, 0) is 13.6 Å². The summed E-state index contributed by atoms with van der Waals surface area (Å²) >= 11 is 0. The number of benzene rings is 1. The smallest absolute Gasteiger partial charge is 0.126 e. The van der Waals surface area contributed by atoms with Crippen molar-refractivity contribution < 1.29 is 0 Å². The van der Waals surface area contributed by atoms with E-state index in [1.807, 2.05) is 48.3 Å². The Morgan fingerprint density at radius 1 is 1.18 bits per heavy atom. The molecule has 0 atom stereocenters. The summed E-state index contributed by atoms with van der Waals surface area (Å²) in [5, 5.41) is 16.6. The molecular formula is C17H15N5. The van der Waals surface area contributed by atoms with Gasteiger partial charge in [-0.2, -0.15) is 10.4 Å². The first-order valence-corrected chi connectivity index (χ1v) is 6.94. The Kier molecular flexibility index (Phi) is 3.84. The molecule has 0 saturated carbocycles. The number of rotatable bonds is 4. The van der Waals surface area contributed by atoms with E-state index in [9.17, 15) is 0 Å². The van der Waals surface area contributed by atoms with Gasteiger partial charge in [0.15, 0.2) is 0 Å². The molecule has 22 heavy (non-hydrogen) atoms. The van der Waals surface area contributed by atoms with Gasteiger partial charge in [0, 0.05) is 37.1 Å². The summed E-state index contributed by atoms with van der Waals surface area (Å²) in [6.07, 6.45) is 3.56. The van der Waals surface area contributed by atoms with Gasteiger partial charge in [0.2, 0.25) is 0 Å². The van der Waals surface area contributed by atoms with E-state index in [1.54, 1.807) is 18.3 Å². The van der Waals surface area contributed by atoms with Crippen LogP contribution in [0.1, 0.15) is 11.1 Å². The molecule has 1 aromatic carbocycles. The second-order valence-electron chi connectivity index (χ2n) is 4.94. The van der Waals surface area contributed by atoms with Crippen LogP contribution in [0.15, 0.2) is 54.9 Å². The number of nitriles is 1. The fourth-order valence-corrected chi connectivity index (χ4v) is 2.26. The van der Waals surface area contributed by atoms with E-state index in [0.717, 1.165) is 22.6 Å². The summed E-state index contributed by atoms with van der Waals surface area (Å²) in [6.45, 7) is 0.622. The number of aromatic nitrogens is 3. The van der Waals surface area contributed by atoms with Gasteiger partial charge in [0.1, 0.15) is 11.9 Å². The summed E-state index contributed by atoms with van der Waals surface area (Å²) in [5.41, 5.74) is 3.70. The Bertz CT molecular complexity index is 797. The highest BCUT2D eigenvalue weighted by atomic mass is 15.3. The predicted octanol–water partition coefficient (Wildman–Crippen LogP) is 2.97. The van der Waals surface area contributed by atoms with Gasteiger partial charge in [0.25, 0.3) is 0 Å². The van der Waals surface area contributed by atoms with Crippen LogP contribution in [0.25, 0.3) is 11.3 Å². The molecule has 5 heteroatoms. The molecule has 0 saturated heterocycles. The number of nitrogens with zero attached hydrogens (tertiary/aromatic N) is 4. The van der Waals surface area contributed by atoms with Crippen molar-refractivity contribution in [2.75, 3.05) is 5.32 Å². The van der Waals surface area contributed by atoms with Gasteiger partial charge in [-0.15, -0.1) is 0 Å². The van der Waals surface area contributed by atoms with E-state index in [0.29, 0.717) is 12.1 Å². The van der Waals surface area contributed by atoms with Gasteiger partial charge in [0.05, 0.1) is 11.3 Å². The van der Waals surface area contributed by atoms with Crippen LogP contribution in [0, 0.1) is 11.3 Å². The van der Waals surface area contributed by atoms with Crippen molar-refractivity contribution >= 4 is 5.82 Å². The van der Waals surface area contributed by atoms with Crippen molar-refractivity contribution in [3.05, 3.63) is 66.0 Å². The van der Waals surface area contributed by atoms with Crippen molar-refractivity contribution in [2.24, 2.45) is 7.05 Å². The standard InChI is InChI=1S/C17H15N5/c1-22-12-15(17(21-22)14-5-3-2-4-6-14)11-20-16-8-7-13(9-18)10-19-16/h2-8,10,12H,11H2,1H3,(H,19,20). The first-order valence-electron chi connectivity index (χ1n) is 6.94. The predicted molar refractivity (Wildman–Crippen MR) is 84.9 cm³/mol. The molecule has 0 radical (unpaired) electrons. The Hall–Kier alpha value is -3.13. The first kappa shape index (κ1) is 13.8. The van der Waals surface area contributed by atoms with Gasteiger partial charge in [-0.25, -0.2) is 4.98 Å². The molecule has 0 unspecified atom stereocenters. The lowest BCUT2D eigenvalue weighted by molar-refractivity contribution is 0.770. The molecule has 0 amide bonds. The molecule has 3 aromatic rings. The Labute approximate surface area is 128 Å². The summed E-state index contributed by atoms with van der Waals surface area (Å²) in [6, 6.07) is 15.7. The maximum atomic E-state index is 8.78. The Morgan fingerprint density at radius 2 is 2.00 bits per heavy atom. The third kappa shape index (κ3) is 2.96. The number of pyridine rings is 1. The Balaban J connectivity index is 1.79. The van der Waals surface area contributed by atoms with Gasteiger partial charge in [-0.1, -0.05) is 30.3 Å². The number of nitrogens with one attached hydrogen (secondary N) is 1. The highest BCUT2D eigenvalue weighted by molar-refractivity contribution is 5.63. The van der Waals surface area contributed by atoms with Crippen LogP contribution in [-0.4, -0.2) is 14.8 Å². The van der Waals surface area contributed by atoms with Crippen molar-refractivity contribution in [2.45, 2.75) is 6.54 Å². The SMILES string of the molecule is Cn1cc(CNc2ccc(C#N)cn2)c(-c2ccccc2)n1. The largest absolute Gasteiger partial charge is 0.366 e. The number of anilines is 1. The second kappa shape index (κ2) is 6.10. The highest BCUT2D eigenvalue weighted by Gasteiger charge is 2.09. The zero-order valence-electron chi connectivity index (χ0n) is 12.2. The zero-order chi connectivity index (χ0) is 15.4. The van der Waals surface area contributed by atoms with E-state index in [2.05, 4.69) is 21.5 Å². The molecule has 0 aliphatic carbocycles. The molecule has 1 N–H and O–H groups in total. The second-order valence-corrected chi connectivity index (χ2v) is 4.94. The molecule has 0 aliphatic heterocycles. The number of hydrogen-bond donors (Lipinski definition) is 1. The molecule has 2 heterocycles. The molecule has 3 rings (SSSR count). The average Bonchev–Trinajstić information content (AvgIpc) is 2.95. The van der Waals surface area contributed by atoms with Crippen LogP contribution in [0.2, 0.25) is 0 Å². The fourth-order valence-electron chi connectivity index (χ4n) is 2.26.